The number of rotatable bonds is 3. The van der Waals surface area contributed by atoms with Crippen molar-refractivity contribution in [3.8, 4) is 5.75 Å². The molecule has 0 saturated carbocycles. The summed E-state index contributed by atoms with van der Waals surface area (Å²) in [6.07, 6.45) is 1.78. The standard InChI is InChI=1S/C20H25NO/c1-19(2,3)17-13-9-10-15(18(17)22)14-21-20(4,5)16-11-7-6-8-12-16/h6-14,22H,1-5H3. The minimum absolute atomic E-state index is 0.0944. The molecular weight excluding hydrogens is 270 g/mol. The summed E-state index contributed by atoms with van der Waals surface area (Å²) in [7, 11) is 0. The van der Waals surface area contributed by atoms with Gasteiger partial charge in [-0.2, -0.15) is 0 Å². The maximum atomic E-state index is 10.5. The lowest BCUT2D eigenvalue weighted by Crippen LogP contribution is -2.14. The number of hydrogen-bond acceptors (Lipinski definition) is 2. The maximum absolute atomic E-state index is 10.5. The highest BCUT2D eigenvalue weighted by Gasteiger charge is 2.21. The van der Waals surface area contributed by atoms with E-state index in [4.69, 9.17) is 4.99 Å². The highest BCUT2D eigenvalue weighted by Crippen LogP contribution is 2.33. The second-order valence-corrected chi connectivity index (χ2v) is 7.18. The van der Waals surface area contributed by atoms with E-state index in [-0.39, 0.29) is 11.0 Å². The van der Waals surface area contributed by atoms with Crippen LogP contribution in [0.3, 0.4) is 0 Å². The molecule has 1 N–H and O–H groups in total. The summed E-state index contributed by atoms with van der Waals surface area (Å²) in [5.74, 6) is 0.322. The fourth-order valence-corrected chi connectivity index (χ4v) is 2.42. The number of nitrogens with zero attached hydrogens (tertiary/aromatic N) is 1. The van der Waals surface area contributed by atoms with Crippen LogP contribution in [0.25, 0.3) is 0 Å². The van der Waals surface area contributed by atoms with Gasteiger partial charge in [-0.15, -0.1) is 0 Å². The van der Waals surface area contributed by atoms with Gasteiger partial charge >= 0.3 is 0 Å². The van der Waals surface area contributed by atoms with Gasteiger partial charge in [0.15, 0.2) is 0 Å². The van der Waals surface area contributed by atoms with Gasteiger partial charge in [-0.25, -0.2) is 0 Å². The van der Waals surface area contributed by atoms with Crippen LogP contribution in [-0.2, 0) is 11.0 Å². The zero-order valence-electron chi connectivity index (χ0n) is 14.1. The smallest absolute Gasteiger partial charge is 0.128 e. The molecule has 0 atom stereocenters. The van der Waals surface area contributed by atoms with E-state index in [9.17, 15) is 5.11 Å². The number of phenolic OH excluding ortho intramolecular Hbond substituents is 1. The topological polar surface area (TPSA) is 32.6 Å². The lowest BCUT2D eigenvalue weighted by Gasteiger charge is -2.22. The third-order valence-electron chi connectivity index (χ3n) is 3.88. The first-order valence-electron chi connectivity index (χ1n) is 7.65. The molecule has 0 aliphatic heterocycles. The fraction of sp³-hybridized carbons (Fsp3) is 0.350. The summed E-state index contributed by atoms with van der Waals surface area (Å²) in [5, 5.41) is 10.5. The predicted octanol–water partition coefficient (Wildman–Crippen LogP) is 5.04. The molecule has 0 heterocycles. The van der Waals surface area contributed by atoms with Gasteiger partial charge in [0.1, 0.15) is 5.75 Å². The molecular formula is C20H25NO. The molecule has 116 valence electrons. The molecule has 0 aliphatic rings. The monoisotopic (exact) mass is 295 g/mol. The van der Waals surface area contributed by atoms with Crippen LogP contribution in [0.2, 0.25) is 0 Å². The zero-order valence-corrected chi connectivity index (χ0v) is 14.1. The van der Waals surface area contributed by atoms with Crippen molar-refractivity contribution in [1.29, 1.82) is 0 Å². The molecule has 0 bridgehead atoms. The summed E-state index contributed by atoms with van der Waals surface area (Å²) in [4.78, 5) is 4.70. The first-order valence-corrected chi connectivity index (χ1v) is 7.65. The number of aliphatic imine (C=N–C) groups is 1. The van der Waals surface area contributed by atoms with Crippen molar-refractivity contribution in [1.82, 2.24) is 0 Å². The molecule has 0 spiro atoms. The Morgan fingerprint density at radius 1 is 0.864 bits per heavy atom. The molecule has 22 heavy (non-hydrogen) atoms. The van der Waals surface area contributed by atoms with Gasteiger partial charge in [0, 0.05) is 11.8 Å². The minimum Gasteiger partial charge on any atom is -0.507 e. The molecule has 0 aromatic heterocycles. The Labute approximate surface area is 133 Å². The van der Waals surface area contributed by atoms with E-state index in [1.165, 1.54) is 0 Å². The van der Waals surface area contributed by atoms with Gasteiger partial charge < -0.3 is 5.11 Å². The van der Waals surface area contributed by atoms with Crippen molar-refractivity contribution in [2.45, 2.75) is 45.6 Å². The molecule has 2 heteroatoms. The van der Waals surface area contributed by atoms with Crippen molar-refractivity contribution >= 4 is 6.21 Å². The number of phenols is 1. The van der Waals surface area contributed by atoms with E-state index in [0.717, 1.165) is 16.7 Å². The Hall–Kier alpha value is -2.09. The van der Waals surface area contributed by atoms with E-state index in [1.807, 2.05) is 36.4 Å². The first kappa shape index (κ1) is 16.3. The molecule has 2 aromatic rings. The van der Waals surface area contributed by atoms with E-state index in [0.29, 0.717) is 5.75 Å². The molecule has 0 radical (unpaired) electrons. The van der Waals surface area contributed by atoms with Crippen LogP contribution in [0.15, 0.2) is 53.5 Å². The predicted molar refractivity (Wildman–Crippen MR) is 93.9 cm³/mol. The van der Waals surface area contributed by atoms with Gasteiger partial charge in [-0.3, -0.25) is 4.99 Å². The lowest BCUT2D eigenvalue weighted by molar-refractivity contribution is 0.446. The Kier molecular flexibility index (Phi) is 4.41. The zero-order chi connectivity index (χ0) is 16.4. The van der Waals surface area contributed by atoms with Crippen LogP contribution in [0, 0.1) is 0 Å². The molecule has 2 rings (SSSR count). The maximum Gasteiger partial charge on any atom is 0.128 e. The van der Waals surface area contributed by atoms with Crippen molar-refractivity contribution in [2.75, 3.05) is 0 Å². The quantitative estimate of drug-likeness (QED) is 0.790. The van der Waals surface area contributed by atoms with Crippen LogP contribution in [0.1, 0.15) is 51.3 Å². The molecule has 2 nitrogen and oxygen atoms in total. The van der Waals surface area contributed by atoms with Gasteiger partial charge in [0.2, 0.25) is 0 Å². The van der Waals surface area contributed by atoms with E-state index in [1.54, 1.807) is 6.21 Å². The van der Waals surface area contributed by atoms with Crippen LogP contribution in [0.5, 0.6) is 5.75 Å². The Balaban J connectivity index is 2.35. The van der Waals surface area contributed by atoms with Gasteiger partial charge in [0.05, 0.1) is 5.54 Å². The summed E-state index contributed by atoms with van der Waals surface area (Å²) < 4.78 is 0. The normalized spacial score (nSPS) is 12.8. The van der Waals surface area contributed by atoms with E-state index in [2.05, 4.69) is 46.8 Å². The number of benzene rings is 2. The van der Waals surface area contributed by atoms with Gasteiger partial charge in [-0.1, -0.05) is 63.2 Å². The Morgan fingerprint density at radius 2 is 1.50 bits per heavy atom. The van der Waals surface area contributed by atoms with Crippen molar-refractivity contribution < 1.29 is 5.11 Å². The second-order valence-electron chi connectivity index (χ2n) is 7.18. The number of hydrogen-bond donors (Lipinski definition) is 1. The largest absolute Gasteiger partial charge is 0.507 e. The first-order chi connectivity index (χ1) is 10.2. The SMILES string of the molecule is CC(C)(C)c1cccc(C=NC(C)(C)c2ccccc2)c1O. The molecule has 0 saturated heterocycles. The molecule has 0 amide bonds. The summed E-state index contributed by atoms with van der Waals surface area (Å²) in [6, 6.07) is 16.0. The third-order valence-corrected chi connectivity index (χ3v) is 3.88. The summed E-state index contributed by atoms with van der Waals surface area (Å²) in [6.45, 7) is 10.4. The molecule has 0 unspecified atom stereocenters. The average molecular weight is 295 g/mol. The minimum atomic E-state index is -0.328. The molecule has 0 aliphatic carbocycles. The Morgan fingerprint density at radius 3 is 2.09 bits per heavy atom. The fourth-order valence-electron chi connectivity index (χ4n) is 2.42. The van der Waals surface area contributed by atoms with Gasteiger partial charge in [-0.05, 0) is 36.5 Å². The van der Waals surface area contributed by atoms with E-state index < -0.39 is 0 Å². The molecule has 2 aromatic carbocycles. The van der Waals surface area contributed by atoms with Crippen LogP contribution < -0.4 is 0 Å². The van der Waals surface area contributed by atoms with Crippen LogP contribution in [-0.4, -0.2) is 11.3 Å². The van der Waals surface area contributed by atoms with E-state index >= 15 is 0 Å². The van der Waals surface area contributed by atoms with Crippen LogP contribution in [0.4, 0.5) is 0 Å². The van der Waals surface area contributed by atoms with Crippen molar-refractivity contribution in [3.63, 3.8) is 0 Å². The number of aromatic hydroxyl groups is 1. The van der Waals surface area contributed by atoms with Gasteiger partial charge in [0.25, 0.3) is 0 Å². The van der Waals surface area contributed by atoms with Crippen molar-refractivity contribution in [2.24, 2.45) is 4.99 Å². The lowest BCUT2D eigenvalue weighted by atomic mass is 9.85. The summed E-state index contributed by atoms with van der Waals surface area (Å²) >= 11 is 0. The highest BCUT2D eigenvalue weighted by atomic mass is 16.3. The second kappa shape index (κ2) is 5.96. The Bertz CT molecular complexity index is 664. The molecule has 0 fully saturated rings. The highest BCUT2D eigenvalue weighted by molar-refractivity contribution is 5.84. The van der Waals surface area contributed by atoms with Crippen LogP contribution >= 0.6 is 0 Å². The summed E-state index contributed by atoms with van der Waals surface area (Å²) in [5.41, 5.74) is 2.43. The average Bonchev–Trinajstić information content (AvgIpc) is 2.46. The number of para-hydroxylation sites is 1. The van der Waals surface area contributed by atoms with Crippen molar-refractivity contribution in [3.05, 3.63) is 65.2 Å². The third kappa shape index (κ3) is 3.56.